The second-order valence-corrected chi connectivity index (χ2v) is 7.38. The van der Waals surface area contributed by atoms with Crippen LogP contribution >= 0.6 is 0 Å². The van der Waals surface area contributed by atoms with Gasteiger partial charge in [0.2, 0.25) is 0 Å². The van der Waals surface area contributed by atoms with Gasteiger partial charge in [-0.2, -0.15) is 0 Å². The lowest BCUT2D eigenvalue weighted by Gasteiger charge is -2.07. The monoisotopic (exact) mass is 413 g/mol. The van der Waals surface area contributed by atoms with Crippen molar-refractivity contribution in [3.05, 3.63) is 90.8 Å². The molecule has 4 heteroatoms. The largest absolute Gasteiger partial charge is 0.497 e. The first-order valence-electron chi connectivity index (χ1n) is 10.3. The molecular weight excluding hydrogens is 386 g/mol. The van der Waals surface area contributed by atoms with Crippen molar-refractivity contribution in [2.24, 2.45) is 0 Å². The van der Waals surface area contributed by atoms with Crippen molar-refractivity contribution in [1.82, 2.24) is 4.57 Å². The van der Waals surface area contributed by atoms with Crippen molar-refractivity contribution in [2.75, 3.05) is 21.3 Å². The lowest BCUT2D eigenvalue weighted by atomic mass is 9.99. The first-order chi connectivity index (χ1) is 15.2. The summed E-state index contributed by atoms with van der Waals surface area (Å²) in [7, 11) is 5.07. The molecule has 0 bridgehead atoms. The minimum atomic E-state index is 0.855. The van der Waals surface area contributed by atoms with Crippen LogP contribution in [0.15, 0.2) is 85.2 Å². The zero-order valence-corrected chi connectivity index (χ0v) is 18.2. The highest BCUT2D eigenvalue weighted by atomic mass is 16.5. The maximum absolute atomic E-state index is 5.33. The topological polar surface area (TPSA) is 32.6 Å². The molecule has 0 aliphatic heterocycles. The fourth-order valence-electron chi connectivity index (χ4n) is 3.69. The molecule has 0 fully saturated rings. The van der Waals surface area contributed by atoms with Crippen molar-refractivity contribution in [2.45, 2.75) is 13.0 Å². The minimum absolute atomic E-state index is 0.855. The number of aromatic nitrogens is 1. The molecule has 4 aromatic rings. The van der Waals surface area contributed by atoms with E-state index >= 15 is 0 Å². The van der Waals surface area contributed by atoms with Crippen LogP contribution in [0.5, 0.6) is 17.2 Å². The smallest absolute Gasteiger partial charge is 0.118 e. The Bertz CT molecular complexity index is 1050. The maximum Gasteiger partial charge on any atom is 0.118 e. The van der Waals surface area contributed by atoms with Crippen molar-refractivity contribution in [3.63, 3.8) is 0 Å². The number of hydrogen-bond donors (Lipinski definition) is 0. The Balaban J connectivity index is 1.64. The third-order valence-electron chi connectivity index (χ3n) is 5.50. The molecule has 4 nitrogen and oxygen atoms in total. The van der Waals surface area contributed by atoms with Gasteiger partial charge in [-0.1, -0.05) is 36.4 Å². The summed E-state index contributed by atoms with van der Waals surface area (Å²) < 4.78 is 18.2. The van der Waals surface area contributed by atoms with E-state index in [1.54, 1.807) is 21.3 Å². The summed E-state index contributed by atoms with van der Waals surface area (Å²) in [6.07, 6.45) is 5.40. The average Bonchev–Trinajstić information content (AvgIpc) is 3.27. The molecule has 0 spiro atoms. The molecule has 3 aromatic carbocycles. The normalized spacial score (nSPS) is 10.7. The Morgan fingerprint density at radius 2 is 0.935 bits per heavy atom. The van der Waals surface area contributed by atoms with Crippen molar-refractivity contribution in [3.8, 4) is 39.5 Å². The molecule has 0 saturated carbocycles. The molecule has 158 valence electrons. The summed E-state index contributed by atoms with van der Waals surface area (Å²) in [6.45, 7) is 0.894. The number of methoxy groups -OCH3 is 3. The van der Waals surface area contributed by atoms with E-state index in [1.165, 1.54) is 16.7 Å². The number of rotatable bonds is 8. The van der Waals surface area contributed by atoms with Gasteiger partial charge in [-0.25, -0.2) is 0 Å². The van der Waals surface area contributed by atoms with E-state index in [0.29, 0.717) is 0 Å². The lowest BCUT2D eigenvalue weighted by Crippen LogP contribution is -1.98. The van der Waals surface area contributed by atoms with E-state index in [0.717, 1.165) is 41.3 Å². The second-order valence-electron chi connectivity index (χ2n) is 7.38. The van der Waals surface area contributed by atoms with E-state index in [-0.39, 0.29) is 0 Å². The van der Waals surface area contributed by atoms with E-state index in [2.05, 4.69) is 53.4 Å². The Labute approximate surface area is 183 Å². The van der Waals surface area contributed by atoms with Crippen LogP contribution in [0.4, 0.5) is 0 Å². The van der Waals surface area contributed by atoms with Crippen molar-refractivity contribution in [1.29, 1.82) is 0 Å². The van der Waals surface area contributed by atoms with Gasteiger partial charge in [-0.15, -0.1) is 0 Å². The fourth-order valence-corrected chi connectivity index (χ4v) is 3.69. The molecule has 1 aromatic heterocycles. The average molecular weight is 414 g/mol. The first kappa shape index (κ1) is 20.6. The number of nitrogens with zero attached hydrogens (tertiary/aromatic N) is 1. The van der Waals surface area contributed by atoms with Crippen LogP contribution in [-0.2, 0) is 13.0 Å². The van der Waals surface area contributed by atoms with Gasteiger partial charge in [-0.3, -0.25) is 0 Å². The maximum atomic E-state index is 5.33. The quantitative estimate of drug-likeness (QED) is 0.350. The SMILES string of the molecule is COc1ccc(CCn2cc(-c3ccc(OC)cc3)c(-c3ccc(OC)cc3)c2)cc1. The molecule has 0 N–H and O–H groups in total. The van der Waals surface area contributed by atoms with Crippen LogP contribution in [0, 0.1) is 0 Å². The molecule has 31 heavy (non-hydrogen) atoms. The van der Waals surface area contributed by atoms with E-state index < -0.39 is 0 Å². The third kappa shape index (κ3) is 4.75. The lowest BCUT2D eigenvalue weighted by molar-refractivity contribution is 0.414. The van der Waals surface area contributed by atoms with Crippen molar-refractivity contribution < 1.29 is 14.2 Å². The van der Waals surface area contributed by atoms with Gasteiger partial charge in [-0.05, 0) is 59.5 Å². The summed E-state index contributed by atoms with van der Waals surface area (Å²) in [6, 6.07) is 24.7. The van der Waals surface area contributed by atoms with Crippen LogP contribution in [-0.4, -0.2) is 25.9 Å². The summed E-state index contributed by atoms with van der Waals surface area (Å²) in [5.41, 5.74) is 6.00. The van der Waals surface area contributed by atoms with Gasteiger partial charge in [0, 0.05) is 30.1 Å². The van der Waals surface area contributed by atoms with Gasteiger partial charge in [0.25, 0.3) is 0 Å². The number of aryl methyl sites for hydroxylation is 2. The molecule has 0 amide bonds. The highest BCUT2D eigenvalue weighted by molar-refractivity contribution is 5.83. The molecule has 0 atom stereocenters. The minimum Gasteiger partial charge on any atom is -0.497 e. The predicted molar refractivity (Wildman–Crippen MR) is 125 cm³/mol. The number of hydrogen-bond acceptors (Lipinski definition) is 3. The van der Waals surface area contributed by atoms with Crippen LogP contribution in [0.3, 0.4) is 0 Å². The van der Waals surface area contributed by atoms with Crippen LogP contribution in [0.25, 0.3) is 22.3 Å². The standard InChI is InChI=1S/C27H27NO3/c1-29-23-10-4-20(5-11-23)16-17-28-18-26(21-6-12-24(30-2)13-7-21)27(19-28)22-8-14-25(31-3)15-9-22/h4-15,18-19H,16-17H2,1-3H3. The molecule has 0 unspecified atom stereocenters. The van der Waals surface area contributed by atoms with Crippen LogP contribution in [0.1, 0.15) is 5.56 Å². The number of benzene rings is 3. The highest BCUT2D eigenvalue weighted by Gasteiger charge is 2.12. The van der Waals surface area contributed by atoms with E-state index in [1.807, 2.05) is 36.4 Å². The Hall–Kier alpha value is -3.66. The molecule has 1 heterocycles. The van der Waals surface area contributed by atoms with Gasteiger partial charge in [0.05, 0.1) is 21.3 Å². The van der Waals surface area contributed by atoms with Crippen LogP contribution < -0.4 is 14.2 Å². The summed E-state index contributed by atoms with van der Waals surface area (Å²) in [5.74, 6) is 2.59. The predicted octanol–water partition coefficient (Wildman–Crippen LogP) is 6.09. The molecular formula is C27H27NO3. The zero-order chi connectivity index (χ0) is 21.6. The molecule has 4 rings (SSSR count). The third-order valence-corrected chi connectivity index (χ3v) is 5.50. The fraction of sp³-hybridized carbons (Fsp3) is 0.185. The summed E-state index contributed by atoms with van der Waals surface area (Å²) >= 11 is 0. The summed E-state index contributed by atoms with van der Waals surface area (Å²) in [4.78, 5) is 0. The molecule has 0 aliphatic carbocycles. The van der Waals surface area contributed by atoms with Gasteiger partial charge >= 0.3 is 0 Å². The van der Waals surface area contributed by atoms with Gasteiger partial charge in [0.1, 0.15) is 17.2 Å². The first-order valence-corrected chi connectivity index (χ1v) is 10.3. The van der Waals surface area contributed by atoms with Crippen molar-refractivity contribution >= 4 is 0 Å². The molecule has 0 radical (unpaired) electrons. The Kier molecular flexibility index (Phi) is 6.27. The van der Waals surface area contributed by atoms with E-state index in [9.17, 15) is 0 Å². The summed E-state index contributed by atoms with van der Waals surface area (Å²) in [5, 5.41) is 0. The Morgan fingerprint density at radius 1 is 0.548 bits per heavy atom. The van der Waals surface area contributed by atoms with Gasteiger partial charge < -0.3 is 18.8 Å². The van der Waals surface area contributed by atoms with E-state index in [4.69, 9.17) is 14.2 Å². The Morgan fingerprint density at radius 3 is 1.32 bits per heavy atom. The number of ether oxygens (including phenoxy) is 3. The van der Waals surface area contributed by atoms with Crippen LogP contribution in [0.2, 0.25) is 0 Å². The highest BCUT2D eigenvalue weighted by Crippen LogP contribution is 2.35. The van der Waals surface area contributed by atoms with Gasteiger partial charge in [0.15, 0.2) is 0 Å². The molecule has 0 aliphatic rings. The second kappa shape index (κ2) is 9.43. The zero-order valence-electron chi connectivity index (χ0n) is 18.2. The molecule has 0 saturated heterocycles.